The molecule has 1 heterocycles. The van der Waals surface area contributed by atoms with Crippen LogP contribution in [-0.2, 0) is 18.4 Å². The van der Waals surface area contributed by atoms with Crippen molar-refractivity contribution in [3.63, 3.8) is 0 Å². The molecule has 0 aliphatic heterocycles. The number of methoxy groups -OCH3 is 1. The van der Waals surface area contributed by atoms with Crippen molar-refractivity contribution < 1.29 is 9.47 Å². The number of aryl methyl sites for hydroxylation is 1. The van der Waals surface area contributed by atoms with Crippen molar-refractivity contribution in [2.24, 2.45) is 7.05 Å². The summed E-state index contributed by atoms with van der Waals surface area (Å²) in [5, 5.41) is 0. The van der Waals surface area contributed by atoms with Crippen LogP contribution in [0, 0.1) is 0 Å². The third-order valence-corrected chi connectivity index (χ3v) is 4.71. The zero-order chi connectivity index (χ0) is 18.6. The molecule has 4 aromatic rings. The van der Waals surface area contributed by atoms with E-state index in [4.69, 9.17) is 14.5 Å². The minimum absolute atomic E-state index is 0.294. The van der Waals surface area contributed by atoms with E-state index < -0.39 is 0 Å². The number of aromatic nitrogens is 2. The summed E-state index contributed by atoms with van der Waals surface area (Å²) in [6.07, 6.45) is -0.294. The second-order valence-electron chi connectivity index (χ2n) is 6.47. The number of nitrogens with zero attached hydrogens (tertiary/aromatic N) is 2. The van der Waals surface area contributed by atoms with E-state index in [0.29, 0.717) is 6.61 Å². The summed E-state index contributed by atoms with van der Waals surface area (Å²) in [5.74, 6) is 1.68. The van der Waals surface area contributed by atoms with Gasteiger partial charge in [0.2, 0.25) is 0 Å². The molecule has 3 aromatic carbocycles. The SMILES string of the molecule is COc1cccc(C(OCc2ccccc2)c2nc3ccccc3n2C)c1. The number of para-hydroxylation sites is 2. The van der Waals surface area contributed by atoms with E-state index in [1.54, 1.807) is 7.11 Å². The number of hydrogen-bond donors (Lipinski definition) is 0. The topological polar surface area (TPSA) is 36.3 Å². The van der Waals surface area contributed by atoms with Gasteiger partial charge in [-0.1, -0.05) is 54.6 Å². The minimum atomic E-state index is -0.294. The van der Waals surface area contributed by atoms with Crippen molar-refractivity contribution in [1.82, 2.24) is 9.55 Å². The third kappa shape index (κ3) is 3.57. The average Bonchev–Trinajstić information content (AvgIpc) is 3.06. The fraction of sp³-hybridized carbons (Fsp3) is 0.174. The second-order valence-corrected chi connectivity index (χ2v) is 6.47. The van der Waals surface area contributed by atoms with Crippen LogP contribution < -0.4 is 4.74 Å². The predicted octanol–water partition coefficient (Wildman–Crippen LogP) is 4.89. The molecule has 0 radical (unpaired) electrons. The first-order valence-corrected chi connectivity index (χ1v) is 8.97. The molecule has 0 spiro atoms. The fourth-order valence-electron chi connectivity index (χ4n) is 3.28. The molecule has 1 atom stereocenters. The highest BCUT2D eigenvalue weighted by molar-refractivity contribution is 5.76. The van der Waals surface area contributed by atoms with Gasteiger partial charge in [-0.2, -0.15) is 0 Å². The van der Waals surface area contributed by atoms with Gasteiger partial charge >= 0.3 is 0 Å². The van der Waals surface area contributed by atoms with E-state index in [1.165, 1.54) is 0 Å². The van der Waals surface area contributed by atoms with E-state index in [1.807, 2.05) is 61.6 Å². The van der Waals surface area contributed by atoms with Crippen LogP contribution in [0.1, 0.15) is 23.1 Å². The first-order valence-electron chi connectivity index (χ1n) is 8.97. The molecule has 0 aliphatic rings. The lowest BCUT2D eigenvalue weighted by atomic mass is 10.1. The second kappa shape index (κ2) is 7.64. The van der Waals surface area contributed by atoms with Gasteiger partial charge in [0.1, 0.15) is 17.7 Å². The van der Waals surface area contributed by atoms with E-state index in [9.17, 15) is 0 Å². The molecule has 0 saturated carbocycles. The van der Waals surface area contributed by atoms with Crippen LogP contribution in [0.4, 0.5) is 0 Å². The van der Waals surface area contributed by atoms with Gasteiger partial charge in [-0.3, -0.25) is 0 Å². The molecule has 0 aliphatic carbocycles. The van der Waals surface area contributed by atoms with Crippen LogP contribution in [0.3, 0.4) is 0 Å². The lowest BCUT2D eigenvalue weighted by Crippen LogP contribution is -2.12. The molecule has 0 fully saturated rings. The van der Waals surface area contributed by atoms with Gasteiger partial charge in [0, 0.05) is 7.05 Å². The van der Waals surface area contributed by atoms with E-state index in [0.717, 1.165) is 33.7 Å². The number of imidazole rings is 1. The van der Waals surface area contributed by atoms with Crippen LogP contribution in [0.15, 0.2) is 78.9 Å². The largest absolute Gasteiger partial charge is 0.497 e. The Bertz CT molecular complexity index is 1040. The Hall–Kier alpha value is -3.11. The Balaban J connectivity index is 1.75. The van der Waals surface area contributed by atoms with Crippen molar-refractivity contribution in [2.45, 2.75) is 12.7 Å². The first kappa shape index (κ1) is 17.3. The van der Waals surface area contributed by atoms with E-state index >= 15 is 0 Å². The highest BCUT2D eigenvalue weighted by atomic mass is 16.5. The van der Waals surface area contributed by atoms with Gasteiger partial charge < -0.3 is 14.0 Å². The summed E-state index contributed by atoms with van der Waals surface area (Å²) in [7, 11) is 3.71. The molecule has 1 unspecified atom stereocenters. The Morgan fingerprint density at radius 1 is 0.926 bits per heavy atom. The highest BCUT2D eigenvalue weighted by Crippen LogP contribution is 2.30. The van der Waals surface area contributed by atoms with Crippen molar-refractivity contribution >= 4 is 11.0 Å². The minimum Gasteiger partial charge on any atom is -0.497 e. The lowest BCUT2D eigenvalue weighted by molar-refractivity contribution is 0.0595. The Morgan fingerprint density at radius 2 is 1.70 bits per heavy atom. The third-order valence-electron chi connectivity index (χ3n) is 4.71. The van der Waals surface area contributed by atoms with Gasteiger partial charge in [0.15, 0.2) is 0 Å². The van der Waals surface area contributed by atoms with Crippen LogP contribution in [0.25, 0.3) is 11.0 Å². The van der Waals surface area contributed by atoms with Crippen molar-refractivity contribution in [3.8, 4) is 5.75 Å². The maximum absolute atomic E-state index is 6.37. The lowest BCUT2D eigenvalue weighted by Gasteiger charge is -2.19. The highest BCUT2D eigenvalue weighted by Gasteiger charge is 2.22. The summed E-state index contributed by atoms with van der Waals surface area (Å²) >= 11 is 0. The van der Waals surface area contributed by atoms with E-state index in [2.05, 4.69) is 28.8 Å². The standard InChI is InChI=1S/C23H22N2O2/c1-25-21-14-7-6-13-20(21)24-23(25)22(18-11-8-12-19(15-18)26-2)27-16-17-9-4-3-5-10-17/h3-15,22H,16H2,1-2H3. The number of fused-ring (bicyclic) bond motifs is 1. The molecule has 1 aromatic heterocycles. The zero-order valence-corrected chi connectivity index (χ0v) is 15.5. The number of rotatable bonds is 6. The Labute approximate surface area is 159 Å². The molecular formula is C23H22N2O2. The number of hydrogen-bond acceptors (Lipinski definition) is 3. The molecule has 27 heavy (non-hydrogen) atoms. The van der Waals surface area contributed by atoms with Crippen molar-refractivity contribution in [1.29, 1.82) is 0 Å². The number of ether oxygens (including phenoxy) is 2. The molecule has 4 rings (SSSR count). The molecule has 136 valence electrons. The summed E-state index contributed by atoms with van der Waals surface area (Å²) in [5.41, 5.74) is 4.20. The summed E-state index contributed by atoms with van der Waals surface area (Å²) in [6, 6.07) is 26.3. The molecule has 4 nitrogen and oxygen atoms in total. The van der Waals surface area contributed by atoms with Crippen molar-refractivity contribution in [2.75, 3.05) is 7.11 Å². The molecule has 0 saturated heterocycles. The van der Waals surface area contributed by atoms with Gasteiger partial charge in [-0.05, 0) is 35.4 Å². The smallest absolute Gasteiger partial charge is 0.143 e. The van der Waals surface area contributed by atoms with Gasteiger partial charge in [-0.15, -0.1) is 0 Å². The van der Waals surface area contributed by atoms with E-state index in [-0.39, 0.29) is 6.10 Å². The Kier molecular flexibility index (Phi) is 4.90. The van der Waals surface area contributed by atoms with Gasteiger partial charge in [0.25, 0.3) is 0 Å². The van der Waals surface area contributed by atoms with Gasteiger partial charge in [0.05, 0.1) is 24.8 Å². The first-order chi connectivity index (χ1) is 13.3. The molecular weight excluding hydrogens is 336 g/mol. The summed E-state index contributed by atoms with van der Waals surface area (Å²) in [4.78, 5) is 4.85. The maximum atomic E-state index is 6.37. The number of benzene rings is 3. The molecule has 0 amide bonds. The summed E-state index contributed by atoms with van der Waals surface area (Å²) < 4.78 is 13.9. The predicted molar refractivity (Wildman–Crippen MR) is 107 cm³/mol. The van der Waals surface area contributed by atoms with Crippen molar-refractivity contribution in [3.05, 3.63) is 95.8 Å². The fourth-order valence-corrected chi connectivity index (χ4v) is 3.28. The zero-order valence-electron chi connectivity index (χ0n) is 15.5. The quantitative estimate of drug-likeness (QED) is 0.492. The van der Waals surface area contributed by atoms with Crippen LogP contribution >= 0.6 is 0 Å². The van der Waals surface area contributed by atoms with Crippen LogP contribution in [0.5, 0.6) is 5.75 Å². The maximum Gasteiger partial charge on any atom is 0.143 e. The monoisotopic (exact) mass is 358 g/mol. The van der Waals surface area contributed by atoms with Gasteiger partial charge in [-0.25, -0.2) is 4.98 Å². The Morgan fingerprint density at radius 3 is 2.48 bits per heavy atom. The molecule has 0 N–H and O–H groups in total. The normalized spacial score (nSPS) is 12.2. The molecule has 0 bridgehead atoms. The molecule has 4 heteroatoms. The summed E-state index contributed by atoms with van der Waals surface area (Å²) in [6.45, 7) is 0.506. The van der Waals surface area contributed by atoms with Crippen LogP contribution in [-0.4, -0.2) is 16.7 Å². The van der Waals surface area contributed by atoms with Crippen LogP contribution in [0.2, 0.25) is 0 Å². The average molecular weight is 358 g/mol.